The Morgan fingerprint density at radius 1 is 1.06 bits per heavy atom. The summed E-state index contributed by atoms with van der Waals surface area (Å²) in [5, 5.41) is 42.3. The second-order valence-corrected chi connectivity index (χ2v) is 12.3. The summed E-state index contributed by atoms with van der Waals surface area (Å²) in [4.78, 5) is 11.1. The fraction of sp³-hybridized carbons (Fsp3) is 0.889. The van der Waals surface area contributed by atoms with Gasteiger partial charge in [0.25, 0.3) is 0 Å². The van der Waals surface area contributed by atoms with Crippen LogP contribution in [0, 0.1) is 46.3 Å². The van der Waals surface area contributed by atoms with Crippen LogP contribution in [0.25, 0.3) is 0 Å². The zero-order valence-electron chi connectivity index (χ0n) is 20.3. The lowest BCUT2D eigenvalue weighted by molar-refractivity contribution is -0.207. The van der Waals surface area contributed by atoms with E-state index in [-0.39, 0.29) is 35.1 Å². The van der Waals surface area contributed by atoms with Crippen LogP contribution >= 0.6 is 0 Å². The number of allylic oxidation sites excluding steroid dienone is 1. The van der Waals surface area contributed by atoms with E-state index in [9.17, 15) is 20.1 Å². The minimum absolute atomic E-state index is 0.105. The van der Waals surface area contributed by atoms with Crippen LogP contribution in [-0.4, -0.2) is 44.7 Å². The van der Waals surface area contributed by atoms with Crippen molar-refractivity contribution in [2.24, 2.45) is 46.3 Å². The topological polar surface area (TPSA) is 98.0 Å². The number of carboxylic acids is 1. The first-order valence-electron chi connectivity index (χ1n) is 12.9. The summed E-state index contributed by atoms with van der Waals surface area (Å²) in [6, 6.07) is 0. The van der Waals surface area contributed by atoms with Gasteiger partial charge in [0.1, 0.15) is 0 Å². The molecule has 32 heavy (non-hydrogen) atoms. The molecule has 182 valence electrons. The predicted molar refractivity (Wildman–Crippen MR) is 124 cm³/mol. The van der Waals surface area contributed by atoms with Crippen molar-refractivity contribution in [2.45, 2.75) is 104 Å². The van der Waals surface area contributed by atoms with Crippen LogP contribution in [0.15, 0.2) is 11.6 Å². The van der Waals surface area contributed by atoms with Gasteiger partial charge in [-0.25, -0.2) is 4.79 Å². The summed E-state index contributed by atoms with van der Waals surface area (Å²) in [5.41, 5.74) is 0.317. The van der Waals surface area contributed by atoms with Gasteiger partial charge in [-0.05, 0) is 111 Å². The average Bonchev–Trinajstić information content (AvgIpc) is 3.08. The molecule has 3 unspecified atom stereocenters. The molecular weight excluding hydrogens is 404 g/mol. The molecule has 0 aromatic rings. The number of aliphatic hydroxyl groups is 3. The van der Waals surface area contributed by atoms with E-state index in [2.05, 4.69) is 20.8 Å². The Morgan fingerprint density at radius 2 is 1.78 bits per heavy atom. The fourth-order valence-corrected chi connectivity index (χ4v) is 8.98. The summed E-state index contributed by atoms with van der Waals surface area (Å²) in [5.74, 6) is 1.20. The van der Waals surface area contributed by atoms with E-state index in [0.29, 0.717) is 35.2 Å². The van der Waals surface area contributed by atoms with Crippen LogP contribution in [0.1, 0.15) is 85.5 Å². The Kier molecular flexibility index (Phi) is 6.59. The third kappa shape index (κ3) is 3.76. The number of aliphatic hydroxyl groups excluding tert-OH is 3. The molecule has 11 atom stereocenters. The molecule has 4 saturated carbocycles. The van der Waals surface area contributed by atoms with Crippen LogP contribution in [0.5, 0.6) is 0 Å². The van der Waals surface area contributed by atoms with Gasteiger partial charge in [-0.1, -0.05) is 26.8 Å². The maximum absolute atomic E-state index is 11.6. The molecule has 0 amide bonds. The Morgan fingerprint density at radius 3 is 2.47 bits per heavy atom. The molecule has 5 heteroatoms. The first kappa shape index (κ1) is 24.2. The smallest absolute Gasteiger partial charge is 0.330 e. The Labute approximate surface area is 193 Å². The number of carbonyl (C=O) groups is 1. The highest BCUT2D eigenvalue weighted by Crippen LogP contribution is 2.68. The van der Waals surface area contributed by atoms with Gasteiger partial charge in [-0.3, -0.25) is 0 Å². The molecule has 4 aliphatic rings. The highest BCUT2D eigenvalue weighted by atomic mass is 16.4. The van der Waals surface area contributed by atoms with E-state index in [0.717, 1.165) is 57.8 Å². The molecule has 0 spiro atoms. The van der Waals surface area contributed by atoms with E-state index in [4.69, 9.17) is 5.11 Å². The van der Waals surface area contributed by atoms with Crippen molar-refractivity contribution in [1.29, 1.82) is 0 Å². The molecule has 4 N–H and O–H groups in total. The number of hydrogen-bond acceptors (Lipinski definition) is 4. The third-order valence-electron chi connectivity index (χ3n) is 10.9. The van der Waals surface area contributed by atoms with Gasteiger partial charge in [-0.15, -0.1) is 0 Å². The molecule has 0 bridgehead atoms. The van der Waals surface area contributed by atoms with E-state index < -0.39 is 5.97 Å². The first-order chi connectivity index (χ1) is 15.0. The van der Waals surface area contributed by atoms with Crippen molar-refractivity contribution in [3.8, 4) is 0 Å². The molecule has 0 radical (unpaired) electrons. The SMILES string of the molecule is C/C(=C/CC[C@@H](C)[C@H]1CC[C@H]2[C@@H]3C(O)C[C@@H]4CC(O)CC[C@]4(C)[C@H]3CC(O)[C@]12C)C(=O)O. The highest BCUT2D eigenvalue weighted by Gasteiger charge is 2.65. The van der Waals surface area contributed by atoms with Gasteiger partial charge in [-0.2, -0.15) is 0 Å². The monoisotopic (exact) mass is 448 g/mol. The minimum Gasteiger partial charge on any atom is -0.478 e. The van der Waals surface area contributed by atoms with Gasteiger partial charge >= 0.3 is 5.97 Å². The zero-order chi connectivity index (χ0) is 23.4. The predicted octanol–water partition coefficient (Wildman–Crippen LogP) is 4.40. The lowest BCUT2D eigenvalue weighted by atomic mass is 9.43. The van der Waals surface area contributed by atoms with Crippen LogP contribution in [0.2, 0.25) is 0 Å². The van der Waals surface area contributed by atoms with Gasteiger partial charge in [0.05, 0.1) is 18.3 Å². The lowest BCUT2D eigenvalue weighted by Crippen LogP contribution is -2.62. The third-order valence-corrected chi connectivity index (χ3v) is 10.9. The van der Waals surface area contributed by atoms with Crippen LogP contribution in [0.3, 0.4) is 0 Å². The standard InChI is InChI=1S/C27H44O5/c1-15(6-5-7-16(2)25(31)32)19-8-9-20-24-21(14-23(30)27(19,20)4)26(3)11-10-18(28)12-17(26)13-22(24)29/h7,15,17-24,28-30H,5-6,8-14H2,1-4H3,(H,31,32)/b16-7-/t15-,17+,18?,19-,20+,21+,22?,23?,24+,26+,27-/m1/s1. The Bertz CT molecular complexity index is 748. The van der Waals surface area contributed by atoms with Crippen molar-refractivity contribution in [3.05, 3.63) is 11.6 Å². The molecule has 5 nitrogen and oxygen atoms in total. The Balaban J connectivity index is 1.54. The summed E-state index contributed by atoms with van der Waals surface area (Å²) in [6.45, 7) is 8.55. The van der Waals surface area contributed by atoms with E-state index in [1.54, 1.807) is 6.92 Å². The molecule has 0 aromatic carbocycles. The minimum atomic E-state index is -0.854. The summed E-state index contributed by atoms with van der Waals surface area (Å²) >= 11 is 0. The van der Waals surface area contributed by atoms with Crippen LogP contribution < -0.4 is 0 Å². The molecule has 0 aliphatic heterocycles. The molecule has 4 aliphatic carbocycles. The average molecular weight is 449 g/mol. The molecule has 0 saturated heterocycles. The second kappa shape index (κ2) is 8.70. The summed E-state index contributed by atoms with van der Waals surface area (Å²) in [7, 11) is 0. The van der Waals surface area contributed by atoms with Crippen LogP contribution in [0.4, 0.5) is 0 Å². The molecule has 4 fully saturated rings. The normalized spacial score (nSPS) is 49.7. The highest BCUT2D eigenvalue weighted by molar-refractivity contribution is 5.85. The van der Waals surface area contributed by atoms with Crippen molar-refractivity contribution >= 4 is 5.97 Å². The largest absolute Gasteiger partial charge is 0.478 e. The van der Waals surface area contributed by atoms with E-state index in [1.165, 1.54) is 0 Å². The fourth-order valence-electron chi connectivity index (χ4n) is 8.98. The lowest BCUT2D eigenvalue weighted by Gasteiger charge is -2.63. The van der Waals surface area contributed by atoms with Gasteiger partial charge in [0, 0.05) is 5.57 Å². The molecular formula is C27H44O5. The van der Waals surface area contributed by atoms with Crippen molar-refractivity contribution in [1.82, 2.24) is 0 Å². The van der Waals surface area contributed by atoms with E-state index in [1.807, 2.05) is 6.08 Å². The molecule has 0 heterocycles. The second-order valence-electron chi connectivity index (χ2n) is 12.3. The summed E-state index contributed by atoms with van der Waals surface area (Å²) < 4.78 is 0. The van der Waals surface area contributed by atoms with Crippen molar-refractivity contribution < 1.29 is 25.2 Å². The molecule has 4 rings (SSSR count). The van der Waals surface area contributed by atoms with Crippen molar-refractivity contribution in [3.63, 3.8) is 0 Å². The maximum Gasteiger partial charge on any atom is 0.330 e. The number of aliphatic carboxylic acids is 1. The quantitative estimate of drug-likeness (QED) is 0.468. The number of rotatable bonds is 5. The number of hydrogen-bond donors (Lipinski definition) is 4. The Hall–Kier alpha value is -0.910. The first-order valence-corrected chi connectivity index (χ1v) is 12.9. The maximum atomic E-state index is 11.6. The van der Waals surface area contributed by atoms with Gasteiger partial charge < -0.3 is 20.4 Å². The van der Waals surface area contributed by atoms with E-state index >= 15 is 0 Å². The van der Waals surface area contributed by atoms with Gasteiger partial charge in [0.15, 0.2) is 0 Å². The van der Waals surface area contributed by atoms with Gasteiger partial charge in [0.2, 0.25) is 0 Å². The van der Waals surface area contributed by atoms with Crippen molar-refractivity contribution in [2.75, 3.05) is 0 Å². The number of fused-ring (bicyclic) bond motifs is 5. The molecule has 0 aromatic heterocycles. The van der Waals surface area contributed by atoms with Crippen LogP contribution in [-0.2, 0) is 4.79 Å². The zero-order valence-corrected chi connectivity index (χ0v) is 20.3. The number of carboxylic acid groups (broad SMARTS) is 1. The summed E-state index contributed by atoms with van der Waals surface area (Å²) in [6.07, 6.45) is 8.88.